The third-order valence-electron chi connectivity index (χ3n) is 3.61. The first-order chi connectivity index (χ1) is 9.52. The van der Waals surface area contributed by atoms with Gasteiger partial charge in [0.25, 0.3) is 11.8 Å². The van der Waals surface area contributed by atoms with Crippen molar-refractivity contribution in [3.8, 4) is 0 Å². The minimum atomic E-state index is -2.75. The number of nitrogens with zero attached hydrogens (tertiary/aromatic N) is 4. The second kappa shape index (κ2) is 6.15. The molecule has 20 heavy (non-hydrogen) atoms. The lowest BCUT2D eigenvalue weighted by Crippen LogP contribution is -2.45. The number of piperidine rings is 1. The zero-order chi connectivity index (χ0) is 14.7. The van der Waals surface area contributed by atoms with Gasteiger partial charge in [0.2, 0.25) is 5.91 Å². The molecule has 0 saturated carbocycles. The van der Waals surface area contributed by atoms with Gasteiger partial charge >= 0.3 is 6.43 Å². The molecule has 0 unspecified atom stereocenters. The summed E-state index contributed by atoms with van der Waals surface area (Å²) in [7, 11) is 1.80. The van der Waals surface area contributed by atoms with Gasteiger partial charge in [-0.05, 0) is 18.0 Å². The van der Waals surface area contributed by atoms with Crippen molar-refractivity contribution in [1.29, 1.82) is 0 Å². The van der Waals surface area contributed by atoms with Gasteiger partial charge in [0.05, 0.1) is 0 Å². The van der Waals surface area contributed by atoms with E-state index >= 15 is 0 Å². The van der Waals surface area contributed by atoms with Gasteiger partial charge in [0, 0.05) is 32.6 Å². The van der Waals surface area contributed by atoms with E-state index < -0.39 is 12.3 Å². The third-order valence-corrected chi connectivity index (χ3v) is 3.61. The number of aromatic nitrogens is 2. The van der Waals surface area contributed by atoms with E-state index in [9.17, 15) is 13.6 Å². The van der Waals surface area contributed by atoms with Gasteiger partial charge in [-0.1, -0.05) is 6.92 Å². The van der Waals surface area contributed by atoms with Crippen LogP contribution in [-0.4, -0.2) is 47.1 Å². The van der Waals surface area contributed by atoms with Crippen molar-refractivity contribution < 1.29 is 18.1 Å². The summed E-state index contributed by atoms with van der Waals surface area (Å²) in [6.45, 7) is 3.07. The molecule has 0 spiro atoms. The van der Waals surface area contributed by atoms with Crippen LogP contribution in [0.2, 0.25) is 0 Å². The van der Waals surface area contributed by atoms with Crippen LogP contribution in [0.3, 0.4) is 0 Å². The lowest BCUT2D eigenvalue weighted by atomic mass is 10.0. The lowest BCUT2D eigenvalue weighted by molar-refractivity contribution is -0.132. The summed E-state index contributed by atoms with van der Waals surface area (Å²) in [6.07, 6.45) is -0.733. The molecule has 1 aromatic rings. The van der Waals surface area contributed by atoms with Crippen molar-refractivity contribution in [2.45, 2.75) is 38.7 Å². The van der Waals surface area contributed by atoms with Crippen LogP contribution in [0.15, 0.2) is 4.52 Å². The maximum atomic E-state index is 12.4. The van der Waals surface area contributed by atoms with Crippen LogP contribution in [0.5, 0.6) is 0 Å². The first kappa shape index (κ1) is 14.7. The second-order valence-electron chi connectivity index (χ2n) is 4.81. The van der Waals surface area contributed by atoms with Gasteiger partial charge in [0.15, 0.2) is 0 Å². The number of hydrogen-bond donors (Lipinski definition) is 0. The molecule has 0 radical (unpaired) electrons. The fourth-order valence-corrected chi connectivity index (χ4v) is 2.35. The van der Waals surface area contributed by atoms with E-state index in [1.54, 1.807) is 16.8 Å². The number of alkyl halides is 2. The summed E-state index contributed by atoms with van der Waals surface area (Å²) in [5.41, 5.74) is 0. The van der Waals surface area contributed by atoms with Gasteiger partial charge in [-0.15, -0.1) is 0 Å². The Morgan fingerprint density at radius 3 is 2.65 bits per heavy atom. The number of carbonyl (C=O) groups is 1. The monoisotopic (exact) mass is 288 g/mol. The average molecular weight is 288 g/mol. The van der Waals surface area contributed by atoms with Crippen molar-refractivity contribution in [2.24, 2.45) is 0 Å². The molecule has 1 amide bonds. The fourth-order valence-electron chi connectivity index (χ4n) is 2.35. The molecule has 1 aliphatic heterocycles. The predicted molar refractivity (Wildman–Crippen MR) is 67.6 cm³/mol. The number of carbonyl (C=O) groups excluding carboxylic acids is 1. The standard InChI is InChI=1S/C12H18F2N4O2/c1-3-9(19)17(2)8-4-6-18(7-5-8)12-15-11(10(13)14)20-16-12/h8,10H,3-7H2,1-2H3. The molecule has 0 aliphatic carbocycles. The van der Waals surface area contributed by atoms with Gasteiger partial charge in [-0.3, -0.25) is 4.79 Å². The molecular weight excluding hydrogens is 270 g/mol. The Hall–Kier alpha value is -1.73. The highest BCUT2D eigenvalue weighted by atomic mass is 19.3. The van der Waals surface area contributed by atoms with Crippen LogP contribution >= 0.6 is 0 Å². The summed E-state index contributed by atoms with van der Waals surface area (Å²) >= 11 is 0. The molecule has 0 aromatic carbocycles. The van der Waals surface area contributed by atoms with Crippen molar-refractivity contribution in [3.63, 3.8) is 0 Å². The van der Waals surface area contributed by atoms with E-state index in [4.69, 9.17) is 0 Å². The van der Waals surface area contributed by atoms with Crippen LogP contribution in [0.1, 0.15) is 38.5 Å². The third kappa shape index (κ3) is 3.05. The van der Waals surface area contributed by atoms with Crippen molar-refractivity contribution in [1.82, 2.24) is 15.0 Å². The van der Waals surface area contributed by atoms with Crippen LogP contribution in [0, 0.1) is 0 Å². The van der Waals surface area contributed by atoms with Gasteiger partial charge < -0.3 is 14.3 Å². The molecule has 1 saturated heterocycles. The fraction of sp³-hybridized carbons (Fsp3) is 0.750. The van der Waals surface area contributed by atoms with Crippen molar-refractivity contribution >= 4 is 11.9 Å². The summed E-state index contributed by atoms with van der Waals surface area (Å²) in [6, 6.07) is 0.181. The number of anilines is 1. The normalized spacial score (nSPS) is 16.8. The van der Waals surface area contributed by atoms with E-state index in [1.165, 1.54) is 0 Å². The van der Waals surface area contributed by atoms with Gasteiger partial charge in [-0.25, -0.2) is 0 Å². The molecule has 1 aliphatic rings. The summed E-state index contributed by atoms with van der Waals surface area (Å²) in [5, 5.41) is 3.56. The highest BCUT2D eigenvalue weighted by molar-refractivity contribution is 5.75. The molecule has 8 heteroatoms. The Morgan fingerprint density at radius 1 is 1.50 bits per heavy atom. The molecule has 2 rings (SSSR count). The minimum Gasteiger partial charge on any atom is -0.343 e. The van der Waals surface area contributed by atoms with Gasteiger partial charge in [0.1, 0.15) is 0 Å². The number of amides is 1. The average Bonchev–Trinajstić information content (AvgIpc) is 2.96. The van der Waals surface area contributed by atoms with E-state index in [1.807, 2.05) is 6.92 Å². The molecular formula is C12H18F2N4O2. The summed E-state index contributed by atoms with van der Waals surface area (Å²) in [4.78, 5) is 18.9. The molecule has 2 heterocycles. The molecule has 0 bridgehead atoms. The topological polar surface area (TPSA) is 62.5 Å². The van der Waals surface area contributed by atoms with E-state index in [2.05, 4.69) is 14.7 Å². The van der Waals surface area contributed by atoms with E-state index in [-0.39, 0.29) is 17.9 Å². The molecule has 6 nitrogen and oxygen atoms in total. The van der Waals surface area contributed by atoms with Crippen LogP contribution in [0.4, 0.5) is 14.7 Å². The van der Waals surface area contributed by atoms with Crippen molar-refractivity contribution in [3.05, 3.63) is 5.89 Å². The first-order valence-corrected chi connectivity index (χ1v) is 6.65. The molecule has 0 atom stereocenters. The first-order valence-electron chi connectivity index (χ1n) is 6.65. The maximum Gasteiger partial charge on any atom is 0.316 e. The molecule has 1 fully saturated rings. The van der Waals surface area contributed by atoms with E-state index in [0.717, 1.165) is 12.8 Å². The Morgan fingerprint density at radius 2 is 2.15 bits per heavy atom. The summed E-state index contributed by atoms with van der Waals surface area (Å²) < 4.78 is 29.3. The van der Waals surface area contributed by atoms with Crippen LogP contribution in [-0.2, 0) is 4.79 Å². The Bertz CT molecular complexity index is 458. The van der Waals surface area contributed by atoms with Gasteiger partial charge in [-0.2, -0.15) is 13.8 Å². The van der Waals surface area contributed by atoms with E-state index in [0.29, 0.717) is 19.5 Å². The molecule has 1 aromatic heterocycles. The number of hydrogen-bond acceptors (Lipinski definition) is 5. The predicted octanol–water partition coefficient (Wildman–Crippen LogP) is 1.84. The smallest absolute Gasteiger partial charge is 0.316 e. The Balaban J connectivity index is 1.92. The number of rotatable bonds is 4. The lowest BCUT2D eigenvalue weighted by Gasteiger charge is -2.36. The number of halogens is 2. The quantitative estimate of drug-likeness (QED) is 0.846. The van der Waals surface area contributed by atoms with Crippen LogP contribution < -0.4 is 4.90 Å². The zero-order valence-electron chi connectivity index (χ0n) is 11.6. The van der Waals surface area contributed by atoms with Crippen LogP contribution in [0.25, 0.3) is 0 Å². The van der Waals surface area contributed by atoms with Crippen molar-refractivity contribution in [2.75, 3.05) is 25.0 Å². The second-order valence-corrected chi connectivity index (χ2v) is 4.81. The maximum absolute atomic E-state index is 12.4. The zero-order valence-corrected chi connectivity index (χ0v) is 11.6. The molecule has 112 valence electrons. The highest BCUT2D eigenvalue weighted by Gasteiger charge is 2.27. The molecule has 0 N–H and O–H groups in total. The Kier molecular flexibility index (Phi) is 4.51. The Labute approximate surface area is 115 Å². The SMILES string of the molecule is CCC(=O)N(C)C1CCN(c2noc(C(F)F)n2)CC1. The highest BCUT2D eigenvalue weighted by Crippen LogP contribution is 2.23. The summed E-state index contributed by atoms with van der Waals surface area (Å²) in [5.74, 6) is -0.341. The largest absolute Gasteiger partial charge is 0.343 e. The minimum absolute atomic E-state index is 0.114.